The Bertz CT molecular complexity index is 937. The van der Waals surface area contributed by atoms with E-state index in [0.29, 0.717) is 37.8 Å². The molecule has 0 unspecified atom stereocenters. The first kappa shape index (κ1) is 17.7. The average Bonchev–Trinajstić information content (AvgIpc) is 3.07. The van der Waals surface area contributed by atoms with Gasteiger partial charge < -0.3 is 14.5 Å². The van der Waals surface area contributed by atoms with E-state index in [4.69, 9.17) is 44.0 Å². The second kappa shape index (κ2) is 7.40. The highest BCUT2D eigenvalue weighted by molar-refractivity contribution is 6.35. The molecular formula is C18H12Cl3NO3. The van der Waals surface area contributed by atoms with Crippen LogP contribution in [0.1, 0.15) is 10.6 Å². The van der Waals surface area contributed by atoms with E-state index >= 15 is 0 Å². The molecule has 1 aromatic heterocycles. The third kappa shape index (κ3) is 3.93. The summed E-state index contributed by atoms with van der Waals surface area (Å²) in [6.45, 7) is 0. The van der Waals surface area contributed by atoms with Gasteiger partial charge in [0.2, 0.25) is 0 Å². The predicted molar refractivity (Wildman–Crippen MR) is 100 cm³/mol. The Hall–Kier alpha value is -2.14. The molecule has 0 aliphatic heterocycles. The maximum absolute atomic E-state index is 12.4. The molecule has 3 aromatic rings. The largest absolute Gasteiger partial charge is 0.495 e. The van der Waals surface area contributed by atoms with Crippen molar-refractivity contribution in [3.8, 4) is 17.1 Å². The third-order valence-corrected chi connectivity index (χ3v) is 4.23. The van der Waals surface area contributed by atoms with E-state index in [1.807, 2.05) is 0 Å². The Kier molecular flexibility index (Phi) is 5.23. The number of halogens is 3. The summed E-state index contributed by atoms with van der Waals surface area (Å²) in [5.41, 5.74) is 1.05. The van der Waals surface area contributed by atoms with Crippen LogP contribution in [0.2, 0.25) is 15.1 Å². The molecule has 1 amide bonds. The van der Waals surface area contributed by atoms with Crippen molar-refractivity contribution in [1.82, 2.24) is 0 Å². The molecule has 1 heterocycles. The maximum Gasteiger partial charge on any atom is 0.291 e. The molecule has 128 valence electrons. The second-order valence-electron chi connectivity index (χ2n) is 5.09. The molecule has 1 N–H and O–H groups in total. The SMILES string of the molecule is COc1ccc(Cl)cc1NC(=O)c1ccc(-c2cc(Cl)ccc2Cl)o1. The number of benzene rings is 2. The van der Waals surface area contributed by atoms with Crippen LogP contribution in [-0.4, -0.2) is 13.0 Å². The number of furan rings is 1. The first-order valence-corrected chi connectivity index (χ1v) is 8.31. The van der Waals surface area contributed by atoms with Crippen LogP contribution >= 0.6 is 34.8 Å². The van der Waals surface area contributed by atoms with Gasteiger partial charge in [0, 0.05) is 15.6 Å². The number of nitrogens with one attached hydrogen (secondary N) is 1. The summed E-state index contributed by atoms with van der Waals surface area (Å²) in [6, 6.07) is 13.1. The van der Waals surface area contributed by atoms with Crippen molar-refractivity contribution in [3.63, 3.8) is 0 Å². The zero-order valence-corrected chi connectivity index (χ0v) is 15.2. The standard InChI is InChI=1S/C18H12Cl3NO3/c1-24-16-5-3-11(20)9-14(16)22-18(23)17-7-6-15(25-17)12-8-10(19)2-4-13(12)21/h2-9H,1H3,(H,22,23). The number of hydrogen-bond acceptors (Lipinski definition) is 3. The molecule has 0 atom stereocenters. The van der Waals surface area contributed by atoms with Gasteiger partial charge in [-0.05, 0) is 48.5 Å². The number of hydrogen-bond donors (Lipinski definition) is 1. The van der Waals surface area contributed by atoms with Crippen molar-refractivity contribution in [2.45, 2.75) is 0 Å². The van der Waals surface area contributed by atoms with Crippen molar-refractivity contribution in [1.29, 1.82) is 0 Å². The summed E-state index contributed by atoms with van der Waals surface area (Å²) in [6.07, 6.45) is 0. The van der Waals surface area contributed by atoms with Gasteiger partial charge in [-0.3, -0.25) is 4.79 Å². The first-order chi connectivity index (χ1) is 12.0. The molecule has 0 saturated heterocycles. The minimum Gasteiger partial charge on any atom is -0.495 e. The predicted octanol–water partition coefficient (Wildman–Crippen LogP) is 6.17. The Morgan fingerprint density at radius 1 is 1.00 bits per heavy atom. The summed E-state index contributed by atoms with van der Waals surface area (Å²) >= 11 is 18.1. The molecule has 0 radical (unpaired) electrons. The molecular weight excluding hydrogens is 385 g/mol. The van der Waals surface area contributed by atoms with Crippen molar-refractivity contribution < 1.29 is 13.9 Å². The van der Waals surface area contributed by atoms with E-state index < -0.39 is 5.91 Å². The van der Waals surface area contributed by atoms with Crippen LogP contribution in [0.5, 0.6) is 5.75 Å². The van der Waals surface area contributed by atoms with E-state index in [9.17, 15) is 4.79 Å². The van der Waals surface area contributed by atoms with Gasteiger partial charge in [0.05, 0.1) is 17.8 Å². The van der Waals surface area contributed by atoms with E-state index in [-0.39, 0.29) is 5.76 Å². The quantitative estimate of drug-likeness (QED) is 0.574. The van der Waals surface area contributed by atoms with Gasteiger partial charge in [-0.2, -0.15) is 0 Å². The van der Waals surface area contributed by atoms with Crippen LogP contribution in [-0.2, 0) is 0 Å². The second-order valence-corrected chi connectivity index (χ2v) is 6.37. The Morgan fingerprint density at radius 2 is 1.72 bits per heavy atom. The lowest BCUT2D eigenvalue weighted by molar-refractivity contribution is 0.0997. The Balaban J connectivity index is 1.86. The monoisotopic (exact) mass is 395 g/mol. The third-order valence-electron chi connectivity index (χ3n) is 3.43. The van der Waals surface area contributed by atoms with Crippen LogP contribution in [0.15, 0.2) is 52.9 Å². The van der Waals surface area contributed by atoms with Crippen molar-refractivity contribution in [3.05, 3.63) is 69.4 Å². The van der Waals surface area contributed by atoms with Gasteiger partial charge >= 0.3 is 0 Å². The molecule has 0 spiro atoms. The molecule has 0 aliphatic rings. The number of methoxy groups -OCH3 is 1. The van der Waals surface area contributed by atoms with Gasteiger partial charge in [0.1, 0.15) is 11.5 Å². The maximum atomic E-state index is 12.4. The van der Waals surface area contributed by atoms with Gasteiger partial charge in [-0.15, -0.1) is 0 Å². The fourth-order valence-electron chi connectivity index (χ4n) is 2.25. The average molecular weight is 397 g/mol. The van der Waals surface area contributed by atoms with Gasteiger partial charge in [-0.1, -0.05) is 34.8 Å². The van der Waals surface area contributed by atoms with Crippen LogP contribution in [0, 0.1) is 0 Å². The normalized spacial score (nSPS) is 10.6. The summed E-state index contributed by atoms with van der Waals surface area (Å²) in [5, 5.41) is 4.18. The Morgan fingerprint density at radius 3 is 2.48 bits per heavy atom. The number of carbonyl (C=O) groups excluding carboxylic acids is 1. The van der Waals surface area contributed by atoms with Gasteiger partial charge in [0.15, 0.2) is 5.76 Å². The van der Waals surface area contributed by atoms with E-state index in [1.54, 1.807) is 48.5 Å². The number of rotatable bonds is 4. The molecule has 4 nitrogen and oxygen atoms in total. The van der Waals surface area contributed by atoms with Crippen LogP contribution in [0.3, 0.4) is 0 Å². The molecule has 0 aliphatic carbocycles. The smallest absolute Gasteiger partial charge is 0.291 e. The van der Waals surface area contributed by atoms with Gasteiger partial charge in [-0.25, -0.2) is 0 Å². The molecule has 7 heteroatoms. The van der Waals surface area contributed by atoms with E-state index in [2.05, 4.69) is 5.32 Å². The molecule has 2 aromatic carbocycles. The summed E-state index contributed by atoms with van der Waals surface area (Å²) < 4.78 is 10.8. The van der Waals surface area contributed by atoms with E-state index in [0.717, 1.165) is 0 Å². The van der Waals surface area contributed by atoms with Crippen molar-refractivity contribution >= 4 is 46.4 Å². The van der Waals surface area contributed by atoms with Crippen LogP contribution < -0.4 is 10.1 Å². The number of amides is 1. The molecule has 25 heavy (non-hydrogen) atoms. The minimum absolute atomic E-state index is 0.119. The Labute approximate surface area is 159 Å². The zero-order valence-electron chi connectivity index (χ0n) is 13.0. The van der Waals surface area contributed by atoms with Crippen LogP contribution in [0.25, 0.3) is 11.3 Å². The zero-order chi connectivity index (χ0) is 18.0. The summed E-state index contributed by atoms with van der Waals surface area (Å²) in [5.74, 6) is 0.608. The lowest BCUT2D eigenvalue weighted by Gasteiger charge is -2.09. The fourth-order valence-corrected chi connectivity index (χ4v) is 2.81. The van der Waals surface area contributed by atoms with Gasteiger partial charge in [0.25, 0.3) is 5.91 Å². The van der Waals surface area contributed by atoms with Crippen molar-refractivity contribution in [2.75, 3.05) is 12.4 Å². The number of ether oxygens (including phenoxy) is 1. The molecule has 0 fully saturated rings. The first-order valence-electron chi connectivity index (χ1n) is 7.18. The lowest BCUT2D eigenvalue weighted by Crippen LogP contribution is -2.11. The molecule has 3 rings (SSSR count). The van der Waals surface area contributed by atoms with Crippen LogP contribution in [0.4, 0.5) is 5.69 Å². The molecule has 0 saturated carbocycles. The number of carbonyl (C=O) groups is 1. The highest BCUT2D eigenvalue weighted by Gasteiger charge is 2.16. The summed E-state index contributed by atoms with van der Waals surface area (Å²) in [4.78, 5) is 12.4. The number of anilines is 1. The fraction of sp³-hybridized carbons (Fsp3) is 0.0556. The van der Waals surface area contributed by atoms with E-state index in [1.165, 1.54) is 7.11 Å². The minimum atomic E-state index is -0.440. The summed E-state index contributed by atoms with van der Waals surface area (Å²) in [7, 11) is 1.50. The van der Waals surface area contributed by atoms with Crippen molar-refractivity contribution in [2.24, 2.45) is 0 Å². The highest BCUT2D eigenvalue weighted by Crippen LogP contribution is 2.32. The lowest BCUT2D eigenvalue weighted by atomic mass is 10.2. The molecule has 0 bridgehead atoms. The highest BCUT2D eigenvalue weighted by atomic mass is 35.5. The topological polar surface area (TPSA) is 51.5 Å².